The second-order valence-corrected chi connectivity index (χ2v) is 16.5. The van der Waals surface area contributed by atoms with Gasteiger partial charge in [-0.3, -0.25) is 14.2 Å². The van der Waals surface area contributed by atoms with Gasteiger partial charge >= 0.3 is 6.09 Å². The fraction of sp³-hybridized carbons (Fsp3) is 0.195. The van der Waals surface area contributed by atoms with Crippen LogP contribution in [0.5, 0.6) is 0 Å². The van der Waals surface area contributed by atoms with Gasteiger partial charge in [0.2, 0.25) is 19.2 Å². The molecule has 1 heterocycles. The predicted octanol–water partition coefficient (Wildman–Crippen LogP) is 7.01. The highest BCUT2D eigenvalue weighted by Crippen LogP contribution is 2.49. The SMILES string of the molecule is NC(=O)[C@H](Cc1c[nH]c2ccccc12)NC(=O)C(CSc1ccc2ccccc2c1)CP(=O)(O)[C@H](Cc1ccccc1)NC(=O)OCc1ccccc1. The zero-order valence-corrected chi connectivity index (χ0v) is 30.6. The van der Waals surface area contributed by atoms with E-state index in [1.54, 1.807) is 42.6 Å². The number of primary amides is 1. The minimum absolute atomic E-state index is 0.0195. The quantitative estimate of drug-likeness (QED) is 0.0525. The van der Waals surface area contributed by atoms with E-state index in [1.165, 1.54) is 11.8 Å². The molecule has 0 radical (unpaired) electrons. The molecule has 4 atom stereocenters. The summed E-state index contributed by atoms with van der Waals surface area (Å²) in [5.74, 6) is -3.54. The molecule has 3 amide bonds. The fourth-order valence-electron chi connectivity index (χ4n) is 6.17. The van der Waals surface area contributed by atoms with E-state index in [0.717, 1.165) is 37.7 Å². The third-order valence-corrected chi connectivity index (χ3v) is 12.4. The Hall–Kier alpha value is -5.35. The molecule has 6 aromatic rings. The maximum Gasteiger partial charge on any atom is 0.408 e. The third-order valence-electron chi connectivity index (χ3n) is 9.04. The molecule has 0 aliphatic heterocycles. The molecular formula is C41H41N4O6PS. The molecular weight excluding hydrogens is 708 g/mol. The molecule has 0 fully saturated rings. The van der Waals surface area contributed by atoms with Crippen LogP contribution >= 0.6 is 19.1 Å². The van der Waals surface area contributed by atoms with Crippen LogP contribution in [0.15, 0.2) is 138 Å². The molecule has 6 rings (SSSR count). The topological polar surface area (TPSA) is 164 Å². The Balaban J connectivity index is 1.24. The van der Waals surface area contributed by atoms with Crippen molar-refractivity contribution in [3.05, 3.63) is 150 Å². The first-order chi connectivity index (χ1) is 25.6. The van der Waals surface area contributed by atoms with E-state index in [0.29, 0.717) is 5.56 Å². The van der Waals surface area contributed by atoms with Gasteiger partial charge in [0.05, 0.1) is 5.92 Å². The lowest BCUT2D eigenvalue weighted by Gasteiger charge is -2.28. The van der Waals surface area contributed by atoms with Crippen LogP contribution in [-0.2, 0) is 38.3 Å². The van der Waals surface area contributed by atoms with Crippen LogP contribution in [-0.4, -0.2) is 51.5 Å². The Morgan fingerprint density at radius 2 is 1.45 bits per heavy atom. The molecule has 0 bridgehead atoms. The summed E-state index contributed by atoms with van der Waals surface area (Å²) in [6, 6.07) is 38.5. The molecule has 53 heavy (non-hydrogen) atoms. The van der Waals surface area contributed by atoms with Gasteiger partial charge in [-0.25, -0.2) is 4.79 Å². The zero-order valence-electron chi connectivity index (χ0n) is 28.9. The normalized spacial score (nSPS) is 14.1. The monoisotopic (exact) mass is 748 g/mol. The summed E-state index contributed by atoms with van der Waals surface area (Å²) in [6.45, 7) is -0.0289. The number of nitrogens with one attached hydrogen (secondary N) is 3. The summed E-state index contributed by atoms with van der Waals surface area (Å²) in [6.07, 6.45) is 0.583. The second-order valence-electron chi connectivity index (χ2n) is 12.9. The summed E-state index contributed by atoms with van der Waals surface area (Å²) in [4.78, 5) is 55.8. The van der Waals surface area contributed by atoms with Crippen LogP contribution < -0.4 is 16.4 Å². The molecule has 1 aromatic heterocycles. The number of hydrogen-bond donors (Lipinski definition) is 5. The number of aromatic nitrogens is 1. The number of benzene rings is 5. The van der Waals surface area contributed by atoms with Gasteiger partial charge in [0, 0.05) is 46.8 Å². The van der Waals surface area contributed by atoms with E-state index >= 15 is 0 Å². The molecule has 0 saturated heterocycles. The van der Waals surface area contributed by atoms with Crippen LogP contribution in [0.25, 0.3) is 21.7 Å². The van der Waals surface area contributed by atoms with E-state index in [1.807, 2.05) is 91.0 Å². The number of rotatable bonds is 16. The molecule has 0 spiro atoms. The summed E-state index contributed by atoms with van der Waals surface area (Å²) >= 11 is 1.36. The highest BCUT2D eigenvalue weighted by Gasteiger charge is 2.38. The summed E-state index contributed by atoms with van der Waals surface area (Å²) in [5.41, 5.74) is 8.96. The van der Waals surface area contributed by atoms with E-state index in [4.69, 9.17) is 10.5 Å². The van der Waals surface area contributed by atoms with E-state index < -0.39 is 49.2 Å². The average molecular weight is 749 g/mol. The number of ether oxygens (including phenoxy) is 1. The standard InChI is InChI=1S/C41H41N4O6PS/c42-39(46)37(23-32-24-43-36-18-10-9-17-35(32)36)44-40(47)33(27-53-34-20-19-30-15-7-8-16-31(30)22-34)26-52(49,50)38(21-28-11-3-1-4-12-28)45-41(48)51-25-29-13-5-2-6-14-29/h1-20,22,24,33,37-38,43H,21,23,25-27H2,(H2,42,46)(H,44,47)(H,45,48)(H,49,50)/t33?,37-,38+/m0/s1. The smallest absolute Gasteiger partial charge is 0.408 e. The number of H-pyrrole nitrogens is 1. The molecule has 2 unspecified atom stereocenters. The number of carbonyl (C=O) groups is 3. The molecule has 12 heteroatoms. The number of para-hydroxylation sites is 1. The third kappa shape index (κ3) is 10.2. The van der Waals surface area contributed by atoms with Crippen molar-refractivity contribution in [3.8, 4) is 0 Å². The lowest BCUT2D eigenvalue weighted by molar-refractivity contribution is -0.129. The Labute approximate surface area is 312 Å². The van der Waals surface area contributed by atoms with Gasteiger partial charge in [-0.15, -0.1) is 11.8 Å². The molecule has 0 saturated carbocycles. The van der Waals surface area contributed by atoms with Crippen molar-refractivity contribution >= 4 is 58.7 Å². The van der Waals surface area contributed by atoms with Crippen molar-refractivity contribution in [3.63, 3.8) is 0 Å². The number of carbonyl (C=O) groups excluding carboxylic acids is 3. The molecule has 6 N–H and O–H groups in total. The van der Waals surface area contributed by atoms with Crippen molar-refractivity contribution in [1.82, 2.24) is 15.6 Å². The maximum atomic E-state index is 14.5. The molecule has 5 aromatic carbocycles. The number of thioether (sulfide) groups is 1. The molecule has 0 aliphatic rings. The first kappa shape index (κ1) is 37.4. The molecule has 272 valence electrons. The van der Waals surface area contributed by atoms with Gasteiger partial charge in [0.1, 0.15) is 18.4 Å². The fourth-order valence-corrected chi connectivity index (χ4v) is 9.37. The Morgan fingerprint density at radius 1 is 0.792 bits per heavy atom. The van der Waals surface area contributed by atoms with Crippen molar-refractivity contribution in [1.29, 1.82) is 0 Å². The Kier molecular flexibility index (Phi) is 12.3. The van der Waals surface area contributed by atoms with Gasteiger partial charge in [0.25, 0.3) is 0 Å². The number of nitrogens with two attached hydrogens (primary N) is 1. The second kappa shape index (κ2) is 17.4. The highest BCUT2D eigenvalue weighted by molar-refractivity contribution is 7.99. The first-order valence-electron chi connectivity index (χ1n) is 17.2. The van der Waals surface area contributed by atoms with Gasteiger partial charge in [0.15, 0.2) is 0 Å². The van der Waals surface area contributed by atoms with Crippen LogP contribution in [0.3, 0.4) is 0 Å². The zero-order chi connectivity index (χ0) is 37.2. The number of aromatic amines is 1. The maximum absolute atomic E-state index is 14.5. The number of amides is 3. The van der Waals surface area contributed by atoms with Crippen molar-refractivity contribution < 1.29 is 28.6 Å². The van der Waals surface area contributed by atoms with E-state index in [-0.39, 0.29) is 25.2 Å². The summed E-state index contributed by atoms with van der Waals surface area (Å²) in [7, 11) is -4.35. The summed E-state index contributed by atoms with van der Waals surface area (Å²) < 4.78 is 19.9. The highest BCUT2D eigenvalue weighted by atomic mass is 32.2. The van der Waals surface area contributed by atoms with Gasteiger partial charge in [-0.05, 0) is 45.7 Å². The number of hydrogen-bond acceptors (Lipinski definition) is 6. The Bertz CT molecular complexity index is 2230. The van der Waals surface area contributed by atoms with Crippen molar-refractivity contribution in [2.45, 2.75) is 36.2 Å². The van der Waals surface area contributed by atoms with Crippen LogP contribution in [0.1, 0.15) is 16.7 Å². The lowest BCUT2D eigenvalue weighted by Crippen LogP contribution is -2.49. The van der Waals surface area contributed by atoms with Gasteiger partial charge < -0.3 is 31.0 Å². The average Bonchev–Trinajstić information content (AvgIpc) is 3.58. The van der Waals surface area contributed by atoms with Gasteiger partial charge in [-0.1, -0.05) is 109 Å². The molecule has 0 aliphatic carbocycles. The van der Waals surface area contributed by atoms with E-state index in [2.05, 4.69) is 15.6 Å². The van der Waals surface area contributed by atoms with Crippen LogP contribution in [0.4, 0.5) is 4.79 Å². The molecule has 10 nitrogen and oxygen atoms in total. The van der Waals surface area contributed by atoms with Crippen LogP contribution in [0.2, 0.25) is 0 Å². The lowest BCUT2D eigenvalue weighted by atomic mass is 10.0. The largest absolute Gasteiger partial charge is 0.445 e. The number of fused-ring (bicyclic) bond motifs is 2. The van der Waals surface area contributed by atoms with Gasteiger partial charge in [-0.2, -0.15) is 0 Å². The van der Waals surface area contributed by atoms with Crippen molar-refractivity contribution in [2.75, 3.05) is 11.9 Å². The predicted molar refractivity (Wildman–Crippen MR) is 210 cm³/mol. The van der Waals surface area contributed by atoms with E-state index in [9.17, 15) is 23.8 Å². The first-order valence-corrected chi connectivity index (χ1v) is 20.1. The minimum atomic E-state index is -4.35. The summed E-state index contributed by atoms with van der Waals surface area (Å²) in [5, 5.41) is 8.39. The minimum Gasteiger partial charge on any atom is -0.445 e. The van der Waals surface area contributed by atoms with Crippen LogP contribution in [0, 0.1) is 5.92 Å². The number of alkyl carbamates (subject to hydrolysis) is 1. The van der Waals surface area contributed by atoms with Crippen molar-refractivity contribution in [2.24, 2.45) is 11.7 Å². The Morgan fingerprint density at radius 3 is 2.19 bits per heavy atom.